The van der Waals surface area contributed by atoms with E-state index in [2.05, 4.69) is 10.3 Å². The number of amides is 2. The molecule has 0 aliphatic heterocycles. The van der Waals surface area contributed by atoms with Gasteiger partial charge in [0.05, 0.1) is 5.56 Å². The van der Waals surface area contributed by atoms with Crippen molar-refractivity contribution in [2.24, 2.45) is 0 Å². The monoisotopic (exact) mass is 198 g/mol. The van der Waals surface area contributed by atoms with E-state index in [4.69, 9.17) is 11.6 Å². The van der Waals surface area contributed by atoms with Gasteiger partial charge >= 0.3 is 0 Å². The fourth-order valence-electron chi connectivity index (χ4n) is 0.742. The van der Waals surface area contributed by atoms with E-state index in [-0.39, 0.29) is 0 Å². The Labute approximate surface area is 79.9 Å². The summed E-state index contributed by atoms with van der Waals surface area (Å²) >= 11 is 5.51. The number of nitrogens with one attached hydrogen (secondary N) is 1. The molecule has 68 valence electrons. The van der Waals surface area contributed by atoms with Gasteiger partial charge < -0.3 is 0 Å². The Morgan fingerprint density at radius 3 is 2.62 bits per heavy atom. The number of rotatable bonds is 1. The van der Waals surface area contributed by atoms with Gasteiger partial charge in [0.25, 0.3) is 5.91 Å². The molecule has 1 rings (SSSR count). The highest BCUT2D eigenvalue weighted by atomic mass is 35.5. The first-order valence-corrected chi connectivity index (χ1v) is 3.91. The molecule has 0 bridgehead atoms. The molecule has 0 fully saturated rings. The van der Waals surface area contributed by atoms with Crippen LogP contribution in [0, 0.1) is 0 Å². The molecular weight excluding hydrogens is 192 g/mol. The number of hydrogen-bond donors (Lipinski definition) is 1. The van der Waals surface area contributed by atoms with Gasteiger partial charge in [-0.1, -0.05) is 11.6 Å². The van der Waals surface area contributed by atoms with Gasteiger partial charge in [0.1, 0.15) is 5.15 Å². The van der Waals surface area contributed by atoms with Crippen LogP contribution < -0.4 is 5.32 Å². The maximum Gasteiger partial charge on any atom is 0.259 e. The van der Waals surface area contributed by atoms with Crippen LogP contribution in [0.1, 0.15) is 17.3 Å². The summed E-state index contributed by atoms with van der Waals surface area (Å²) in [5.74, 6) is -0.878. The zero-order valence-electron chi connectivity index (χ0n) is 6.87. The van der Waals surface area contributed by atoms with Crippen molar-refractivity contribution in [3.8, 4) is 0 Å². The topological polar surface area (TPSA) is 59.1 Å². The molecule has 1 N–H and O–H groups in total. The minimum absolute atomic E-state index is 0.305. The lowest BCUT2D eigenvalue weighted by atomic mass is 10.3. The minimum atomic E-state index is -0.475. The maximum atomic E-state index is 11.2. The van der Waals surface area contributed by atoms with Crippen LogP contribution in [-0.2, 0) is 4.79 Å². The third-order valence-electron chi connectivity index (χ3n) is 1.28. The second kappa shape index (κ2) is 4.00. The van der Waals surface area contributed by atoms with E-state index in [1.165, 1.54) is 25.3 Å². The zero-order valence-corrected chi connectivity index (χ0v) is 7.63. The number of nitrogens with zero attached hydrogens (tertiary/aromatic N) is 1. The van der Waals surface area contributed by atoms with Crippen molar-refractivity contribution in [2.75, 3.05) is 0 Å². The van der Waals surface area contributed by atoms with Crippen molar-refractivity contribution in [2.45, 2.75) is 6.92 Å². The summed E-state index contributed by atoms with van der Waals surface area (Å²) in [6, 6.07) is 2.98. The van der Waals surface area contributed by atoms with E-state index in [1.807, 2.05) is 0 Å². The van der Waals surface area contributed by atoms with Gasteiger partial charge in [-0.2, -0.15) is 0 Å². The van der Waals surface area contributed by atoms with Gasteiger partial charge in [-0.05, 0) is 12.1 Å². The van der Waals surface area contributed by atoms with E-state index in [1.54, 1.807) is 0 Å². The zero-order chi connectivity index (χ0) is 9.84. The maximum absolute atomic E-state index is 11.2. The highest BCUT2D eigenvalue weighted by Gasteiger charge is 2.06. The Morgan fingerprint density at radius 2 is 2.15 bits per heavy atom. The third-order valence-corrected chi connectivity index (χ3v) is 1.50. The Morgan fingerprint density at radius 1 is 1.46 bits per heavy atom. The lowest BCUT2D eigenvalue weighted by Crippen LogP contribution is -2.27. The molecule has 1 aromatic heterocycles. The number of hydrogen-bond acceptors (Lipinski definition) is 3. The molecule has 0 saturated carbocycles. The summed E-state index contributed by atoms with van der Waals surface area (Å²) in [6.45, 7) is 1.27. The number of imide groups is 1. The Kier molecular flexibility index (Phi) is 2.97. The molecule has 0 unspecified atom stereocenters. The quantitative estimate of drug-likeness (QED) is 0.686. The van der Waals surface area contributed by atoms with Crippen LogP contribution in [0.4, 0.5) is 0 Å². The average Bonchev–Trinajstić information content (AvgIpc) is 2.04. The molecule has 0 aliphatic carbocycles. The van der Waals surface area contributed by atoms with Crippen LogP contribution in [-0.4, -0.2) is 16.8 Å². The summed E-state index contributed by atoms with van der Waals surface area (Å²) in [6.07, 6.45) is 1.31. The Balaban J connectivity index is 2.78. The van der Waals surface area contributed by atoms with E-state index in [0.717, 1.165) is 0 Å². The molecule has 0 radical (unpaired) electrons. The summed E-state index contributed by atoms with van der Waals surface area (Å²) < 4.78 is 0. The molecule has 5 heteroatoms. The molecule has 0 aliphatic rings. The van der Waals surface area contributed by atoms with Crippen molar-refractivity contribution < 1.29 is 9.59 Å². The smallest absolute Gasteiger partial charge is 0.259 e. The third kappa shape index (κ3) is 2.83. The molecule has 4 nitrogen and oxygen atoms in total. The summed E-state index contributed by atoms with van der Waals surface area (Å²) in [5.41, 5.74) is 0.305. The fourth-order valence-corrected chi connectivity index (χ4v) is 0.854. The molecular formula is C8H7ClN2O2. The summed E-state index contributed by atoms with van der Waals surface area (Å²) in [5, 5.41) is 2.42. The van der Waals surface area contributed by atoms with Crippen LogP contribution in [0.3, 0.4) is 0 Å². The van der Waals surface area contributed by atoms with Crippen LogP contribution in [0.25, 0.3) is 0 Å². The first-order valence-electron chi connectivity index (χ1n) is 3.53. The van der Waals surface area contributed by atoms with Crippen molar-refractivity contribution in [1.29, 1.82) is 0 Å². The van der Waals surface area contributed by atoms with Gasteiger partial charge in [-0.15, -0.1) is 0 Å². The molecule has 0 aromatic carbocycles. The molecule has 0 atom stereocenters. The van der Waals surface area contributed by atoms with Crippen LogP contribution >= 0.6 is 11.6 Å². The number of carbonyl (C=O) groups is 2. The normalized spacial score (nSPS) is 9.38. The summed E-state index contributed by atoms with van der Waals surface area (Å²) in [4.78, 5) is 25.4. The number of carbonyl (C=O) groups excluding carboxylic acids is 2. The van der Waals surface area contributed by atoms with E-state index in [0.29, 0.717) is 10.7 Å². The van der Waals surface area contributed by atoms with Gasteiger partial charge in [0.15, 0.2) is 0 Å². The second-order valence-corrected chi connectivity index (χ2v) is 2.77. The van der Waals surface area contributed by atoms with Gasteiger partial charge in [0.2, 0.25) is 5.91 Å². The lowest BCUT2D eigenvalue weighted by Gasteiger charge is -1.99. The Bertz CT molecular complexity index is 335. The molecule has 1 aromatic rings. The van der Waals surface area contributed by atoms with Crippen molar-refractivity contribution >= 4 is 23.4 Å². The van der Waals surface area contributed by atoms with E-state index < -0.39 is 11.8 Å². The second-order valence-electron chi connectivity index (χ2n) is 2.38. The first-order chi connectivity index (χ1) is 6.09. The van der Waals surface area contributed by atoms with Gasteiger partial charge in [-0.25, -0.2) is 4.98 Å². The first kappa shape index (κ1) is 9.67. The largest absolute Gasteiger partial charge is 0.293 e. The van der Waals surface area contributed by atoms with Crippen molar-refractivity contribution in [3.63, 3.8) is 0 Å². The molecule has 0 saturated heterocycles. The predicted molar refractivity (Wildman–Crippen MR) is 47.4 cm³/mol. The minimum Gasteiger partial charge on any atom is -0.293 e. The predicted octanol–water partition coefficient (Wildman–Crippen LogP) is 1.01. The Hall–Kier alpha value is -1.42. The molecule has 1 heterocycles. The van der Waals surface area contributed by atoms with E-state index >= 15 is 0 Å². The highest BCUT2D eigenvalue weighted by molar-refractivity contribution is 6.29. The SMILES string of the molecule is CC(=O)NC(=O)c1ccc(Cl)nc1. The summed E-state index contributed by atoms with van der Waals surface area (Å²) in [7, 11) is 0. The van der Waals surface area contributed by atoms with Gasteiger partial charge in [-0.3, -0.25) is 14.9 Å². The lowest BCUT2D eigenvalue weighted by molar-refractivity contribution is -0.118. The number of halogens is 1. The van der Waals surface area contributed by atoms with E-state index in [9.17, 15) is 9.59 Å². The van der Waals surface area contributed by atoms with Gasteiger partial charge in [0, 0.05) is 13.1 Å². The molecule has 13 heavy (non-hydrogen) atoms. The molecule has 2 amide bonds. The fraction of sp³-hybridized carbons (Fsp3) is 0.125. The standard InChI is InChI=1S/C8H7ClN2O2/c1-5(12)11-8(13)6-2-3-7(9)10-4-6/h2-4H,1H3,(H,11,12,13). The van der Waals surface area contributed by atoms with Crippen LogP contribution in [0.5, 0.6) is 0 Å². The van der Waals surface area contributed by atoms with Crippen LogP contribution in [0.15, 0.2) is 18.3 Å². The number of aromatic nitrogens is 1. The van der Waals surface area contributed by atoms with Crippen molar-refractivity contribution in [3.05, 3.63) is 29.0 Å². The highest BCUT2D eigenvalue weighted by Crippen LogP contribution is 2.04. The molecule has 0 spiro atoms. The van der Waals surface area contributed by atoms with Crippen molar-refractivity contribution in [1.82, 2.24) is 10.3 Å². The number of pyridine rings is 1. The van der Waals surface area contributed by atoms with Crippen LogP contribution in [0.2, 0.25) is 5.15 Å². The average molecular weight is 199 g/mol.